The van der Waals surface area contributed by atoms with E-state index >= 15 is 0 Å². The fraction of sp³-hybridized carbons (Fsp3) is 0.500. The number of carbonyl (C=O) groups is 1. The molecular weight excluding hydrogens is 392 g/mol. The standard InChI is InChI=1S/C26H34O3S/c1-26(2,3)30(28,29)19-22-13-11-20(12-14-22)9-10-21-15-17-24(18-16-21)25(27)23-7-5-4-6-8-23/h4-8,15-18,20,22H,9-14,19H2,1-3H3. The Morgan fingerprint density at radius 3 is 1.93 bits per heavy atom. The highest BCUT2D eigenvalue weighted by atomic mass is 32.2. The van der Waals surface area contributed by atoms with Crippen molar-refractivity contribution in [3.8, 4) is 0 Å². The van der Waals surface area contributed by atoms with Crippen molar-refractivity contribution in [2.24, 2.45) is 11.8 Å². The molecule has 0 bridgehead atoms. The highest BCUT2D eigenvalue weighted by Gasteiger charge is 2.33. The van der Waals surface area contributed by atoms with Crippen molar-refractivity contribution < 1.29 is 13.2 Å². The van der Waals surface area contributed by atoms with E-state index in [0.29, 0.717) is 17.6 Å². The number of benzene rings is 2. The Balaban J connectivity index is 1.46. The molecule has 2 aromatic carbocycles. The smallest absolute Gasteiger partial charge is 0.193 e. The highest BCUT2D eigenvalue weighted by molar-refractivity contribution is 7.92. The van der Waals surface area contributed by atoms with Crippen molar-refractivity contribution in [1.82, 2.24) is 0 Å². The van der Waals surface area contributed by atoms with Crippen LogP contribution in [0, 0.1) is 11.8 Å². The lowest BCUT2D eigenvalue weighted by Gasteiger charge is -2.30. The fourth-order valence-electron chi connectivity index (χ4n) is 4.20. The van der Waals surface area contributed by atoms with E-state index in [9.17, 15) is 13.2 Å². The number of carbonyl (C=O) groups excluding carboxylic acids is 1. The normalized spacial score (nSPS) is 20.1. The molecule has 0 N–H and O–H groups in total. The maximum Gasteiger partial charge on any atom is 0.193 e. The summed E-state index contributed by atoms with van der Waals surface area (Å²) in [4.78, 5) is 12.5. The van der Waals surface area contributed by atoms with Crippen molar-refractivity contribution in [3.63, 3.8) is 0 Å². The van der Waals surface area contributed by atoms with Crippen molar-refractivity contribution in [3.05, 3.63) is 71.3 Å². The van der Waals surface area contributed by atoms with Crippen LogP contribution >= 0.6 is 0 Å². The Hall–Kier alpha value is -1.94. The van der Waals surface area contributed by atoms with Crippen LogP contribution in [-0.2, 0) is 16.3 Å². The quantitative estimate of drug-likeness (QED) is 0.520. The van der Waals surface area contributed by atoms with Crippen LogP contribution in [0.25, 0.3) is 0 Å². The summed E-state index contributed by atoms with van der Waals surface area (Å²) in [5, 5.41) is 0. The summed E-state index contributed by atoms with van der Waals surface area (Å²) in [5.41, 5.74) is 2.71. The minimum atomic E-state index is -3.03. The number of ketones is 1. The van der Waals surface area contributed by atoms with Crippen LogP contribution in [0.15, 0.2) is 54.6 Å². The van der Waals surface area contributed by atoms with Gasteiger partial charge in [0.1, 0.15) is 0 Å². The van der Waals surface area contributed by atoms with Gasteiger partial charge in [0.2, 0.25) is 0 Å². The summed E-state index contributed by atoms with van der Waals surface area (Å²) < 4.78 is 24.3. The van der Waals surface area contributed by atoms with E-state index in [-0.39, 0.29) is 5.78 Å². The number of aryl methyl sites for hydroxylation is 1. The van der Waals surface area contributed by atoms with Crippen molar-refractivity contribution in [2.45, 2.75) is 64.0 Å². The molecule has 0 spiro atoms. The lowest BCUT2D eigenvalue weighted by atomic mass is 9.80. The van der Waals surface area contributed by atoms with Crippen LogP contribution < -0.4 is 0 Å². The maximum atomic E-state index is 12.5. The fourth-order valence-corrected chi connectivity index (χ4v) is 5.65. The Morgan fingerprint density at radius 2 is 1.37 bits per heavy atom. The molecule has 2 aromatic rings. The van der Waals surface area contributed by atoms with E-state index in [2.05, 4.69) is 12.1 Å². The van der Waals surface area contributed by atoms with E-state index in [1.807, 2.05) is 42.5 Å². The first-order valence-electron chi connectivity index (χ1n) is 11.1. The third-order valence-corrected chi connectivity index (χ3v) is 9.22. The Bertz CT molecular complexity index is 930. The Morgan fingerprint density at radius 1 is 0.833 bits per heavy atom. The summed E-state index contributed by atoms with van der Waals surface area (Å²) in [6.07, 6.45) is 6.42. The molecule has 1 aliphatic carbocycles. The van der Waals surface area contributed by atoms with Gasteiger partial charge in [0.05, 0.1) is 10.5 Å². The largest absolute Gasteiger partial charge is 0.289 e. The number of hydrogen-bond donors (Lipinski definition) is 0. The zero-order chi connectivity index (χ0) is 21.8. The molecule has 1 saturated carbocycles. The van der Waals surface area contributed by atoms with Crippen LogP contribution in [0.5, 0.6) is 0 Å². The molecule has 1 fully saturated rings. The maximum absolute atomic E-state index is 12.5. The van der Waals surface area contributed by atoms with Gasteiger partial charge in [-0.05, 0) is 63.9 Å². The zero-order valence-corrected chi connectivity index (χ0v) is 19.3. The minimum absolute atomic E-state index is 0.0608. The van der Waals surface area contributed by atoms with E-state index in [1.54, 1.807) is 20.8 Å². The molecular formula is C26H34O3S. The van der Waals surface area contributed by atoms with Gasteiger partial charge >= 0.3 is 0 Å². The summed E-state index contributed by atoms with van der Waals surface area (Å²) >= 11 is 0. The second-order valence-electron chi connectivity index (χ2n) is 9.71. The number of rotatable bonds is 7. The van der Waals surface area contributed by atoms with Gasteiger partial charge in [-0.3, -0.25) is 4.79 Å². The molecule has 0 aromatic heterocycles. The van der Waals surface area contributed by atoms with E-state index < -0.39 is 14.6 Å². The average Bonchev–Trinajstić information content (AvgIpc) is 2.73. The van der Waals surface area contributed by atoms with E-state index in [0.717, 1.165) is 49.7 Å². The van der Waals surface area contributed by atoms with Gasteiger partial charge < -0.3 is 0 Å². The Kier molecular flexibility index (Phi) is 7.18. The first-order chi connectivity index (χ1) is 14.2. The van der Waals surface area contributed by atoms with Crippen LogP contribution in [0.1, 0.15) is 74.4 Å². The van der Waals surface area contributed by atoms with Gasteiger partial charge in [0.15, 0.2) is 15.6 Å². The van der Waals surface area contributed by atoms with E-state index in [1.165, 1.54) is 5.56 Å². The van der Waals surface area contributed by atoms with Gasteiger partial charge in [-0.15, -0.1) is 0 Å². The number of sulfone groups is 1. The second-order valence-corrected chi connectivity index (χ2v) is 12.5. The van der Waals surface area contributed by atoms with Gasteiger partial charge in [-0.2, -0.15) is 0 Å². The van der Waals surface area contributed by atoms with Gasteiger partial charge in [0.25, 0.3) is 0 Å². The molecule has 162 valence electrons. The van der Waals surface area contributed by atoms with Gasteiger partial charge in [-0.1, -0.05) is 67.4 Å². The highest BCUT2D eigenvalue weighted by Crippen LogP contribution is 2.34. The van der Waals surface area contributed by atoms with Gasteiger partial charge in [0, 0.05) is 11.1 Å². The molecule has 0 radical (unpaired) electrons. The molecule has 3 nitrogen and oxygen atoms in total. The van der Waals surface area contributed by atoms with Crippen LogP contribution in [-0.4, -0.2) is 24.7 Å². The topological polar surface area (TPSA) is 51.2 Å². The summed E-state index contributed by atoms with van der Waals surface area (Å²) in [6, 6.07) is 17.4. The zero-order valence-electron chi connectivity index (χ0n) is 18.4. The molecule has 0 amide bonds. The first-order valence-corrected chi connectivity index (χ1v) is 12.7. The minimum Gasteiger partial charge on any atom is -0.289 e. The monoisotopic (exact) mass is 426 g/mol. The van der Waals surface area contributed by atoms with Crippen LogP contribution in [0.2, 0.25) is 0 Å². The molecule has 0 aliphatic heterocycles. The third-order valence-electron chi connectivity index (χ3n) is 6.45. The Labute approximate surface area is 181 Å². The van der Waals surface area contributed by atoms with Crippen molar-refractivity contribution in [1.29, 1.82) is 0 Å². The van der Waals surface area contributed by atoms with E-state index in [4.69, 9.17) is 0 Å². The molecule has 3 rings (SSSR count). The lowest BCUT2D eigenvalue weighted by Crippen LogP contribution is -2.34. The van der Waals surface area contributed by atoms with Crippen molar-refractivity contribution in [2.75, 3.05) is 5.75 Å². The molecule has 30 heavy (non-hydrogen) atoms. The number of hydrogen-bond acceptors (Lipinski definition) is 3. The average molecular weight is 427 g/mol. The van der Waals surface area contributed by atoms with Crippen LogP contribution in [0.3, 0.4) is 0 Å². The third kappa shape index (κ3) is 5.81. The SMILES string of the molecule is CC(C)(C)S(=O)(=O)CC1CCC(CCc2ccc(C(=O)c3ccccc3)cc2)CC1. The summed E-state index contributed by atoms with van der Waals surface area (Å²) in [7, 11) is -3.03. The first kappa shape index (κ1) is 22.7. The molecule has 0 atom stereocenters. The molecule has 0 saturated heterocycles. The summed E-state index contributed by atoms with van der Waals surface area (Å²) in [5.74, 6) is 1.38. The summed E-state index contributed by atoms with van der Waals surface area (Å²) in [6.45, 7) is 5.39. The molecule has 0 unspecified atom stereocenters. The van der Waals surface area contributed by atoms with Crippen molar-refractivity contribution >= 4 is 15.6 Å². The molecule has 4 heteroatoms. The molecule has 1 aliphatic rings. The second kappa shape index (κ2) is 9.47. The predicted molar refractivity (Wildman–Crippen MR) is 124 cm³/mol. The van der Waals surface area contributed by atoms with Gasteiger partial charge in [-0.25, -0.2) is 8.42 Å². The lowest BCUT2D eigenvalue weighted by molar-refractivity contribution is 0.103. The predicted octanol–water partition coefficient (Wildman–Crippen LogP) is 5.87. The molecule has 0 heterocycles. The van der Waals surface area contributed by atoms with Crippen LogP contribution in [0.4, 0.5) is 0 Å².